The number of alkyl carbamates (subject to hydrolysis) is 1. The number of benzene rings is 1. The number of hydrogen-bond acceptors (Lipinski definition) is 13. The number of rotatable bonds is 10. The summed E-state index contributed by atoms with van der Waals surface area (Å²) >= 11 is 0. The summed E-state index contributed by atoms with van der Waals surface area (Å²) in [6.45, 7) is 1.13. The third-order valence-corrected chi connectivity index (χ3v) is 8.53. The van der Waals surface area contributed by atoms with Crippen molar-refractivity contribution in [3.63, 3.8) is 0 Å². The summed E-state index contributed by atoms with van der Waals surface area (Å²) in [5, 5.41) is 42.4. The van der Waals surface area contributed by atoms with Crippen LogP contribution in [-0.4, -0.2) is 106 Å². The van der Waals surface area contributed by atoms with Crippen LogP contribution in [0, 0.1) is 0 Å². The van der Waals surface area contributed by atoms with Crippen molar-refractivity contribution in [2.75, 3.05) is 33.0 Å². The predicted molar refractivity (Wildman–Crippen MR) is 157 cm³/mol. The Bertz CT molecular complexity index is 1690. The van der Waals surface area contributed by atoms with E-state index >= 15 is 0 Å². The highest BCUT2D eigenvalue weighted by atomic mass is 16.7. The van der Waals surface area contributed by atoms with Crippen LogP contribution in [0.4, 0.5) is 4.79 Å². The number of pyridine rings is 2. The molecule has 46 heavy (non-hydrogen) atoms. The van der Waals surface area contributed by atoms with Gasteiger partial charge in [0.25, 0.3) is 5.56 Å². The average molecular weight is 642 g/mol. The van der Waals surface area contributed by atoms with E-state index in [4.69, 9.17) is 28.7 Å². The fourth-order valence-corrected chi connectivity index (χ4v) is 6.03. The molecule has 5 N–H and O–H groups in total. The molecule has 0 radical (unpaired) electrons. The lowest BCUT2D eigenvalue weighted by atomic mass is 9.85. The van der Waals surface area contributed by atoms with E-state index in [1.54, 1.807) is 17.6 Å². The van der Waals surface area contributed by atoms with Crippen LogP contribution >= 0.6 is 0 Å². The molecule has 1 saturated heterocycles. The highest BCUT2D eigenvalue weighted by Crippen LogP contribution is 2.41. The van der Waals surface area contributed by atoms with Gasteiger partial charge in [0.1, 0.15) is 31.0 Å². The van der Waals surface area contributed by atoms with E-state index in [0.717, 1.165) is 16.5 Å². The van der Waals surface area contributed by atoms with E-state index in [1.165, 1.54) is 0 Å². The minimum atomic E-state index is -1.86. The minimum Gasteiger partial charge on any atom is -0.457 e. The normalized spacial score (nSPS) is 26.6. The summed E-state index contributed by atoms with van der Waals surface area (Å²) in [4.78, 5) is 44.5. The Labute approximate surface area is 262 Å². The maximum atomic E-state index is 13.6. The number of aliphatic hydroxyl groups excluding tert-OH is 4. The first-order valence-electron chi connectivity index (χ1n) is 15.0. The van der Waals surface area contributed by atoms with Gasteiger partial charge >= 0.3 is 12.1 Å². The molecule has 6 atom stereocenters. The van der Waals surface area contributed by atoms with Crippen molar-refractivity contribution in [2.24, 2.45) is 0 Å². The van der Waals surface area contributed by atoms with Gasteiger partial charge in [-0.25, -0.2) is 14.6 Å². The van der Waals surface area contributed by atoms with Gasteiger partial charge in [0.2, 0.25) is 5.60 Å². The van der Waals surface area contributed by atoms with Gasteiger partial charge in [-0.1, -0.05) is 25.1 Å². The summed E-state index contributed by atoms with van der Waals surface area (Å²) in [7, 11) is 0. The minimum absolute atomic E-state index is 0.00219. The van der Waals surface area contributed by atoms with E-state index in [1.807, 2.05) is 30.3 Å². The molecule has 0 spiro atoms. The van der Waals surface area contributed by atoms with Crippen molar-refractivity contribution in [3.8, 4) is 11.4 Å². The van der Waals surface area contributed by atoms with Crippen LogP contribution in [0.1, 0.15) is 30.0 Å². The van der Waals surface area contributed by atoms with Crippen LogP contribution in [0.25, 0.3) is 22.3 Å². The largest absolute Gasteiger partial charge is 0.457 e. The van der Waals surface area contributed by atoms with E-state index in [9.17, 15) is 34.8 Å². The Morgan fingerprint density at radius 2 is 1.91 bits per heavy atom. The van der Waals surface area contributed by atoms with Crippen LogP contribution in [0.2, 0.25) is 0 Å². The fraction of sp³-hybridized carbons (Fsp3) is 0.484. The number of ether oxygens (including phenoxy) is 5. The molecule has 3 aromatic rings. The number of carbonyl (C=O) groups is 2. The molecule has 0 saturated carbocycles. The standard InChI is InChI=1S/C31H35N3O12/c1-2-31(46-30(41)32-7-8-42-9-10-43-28-26(38)25(37)24(36)22(14-35)45-28)19-12-21-23-17(11-16-5-3-4-6-20(16)33-23)13-34(21)27(39)18(19)15-44-29(31)40/h3-6,11-12,22,24-26,28,35-38H,2,7-10,13-15H2,1H3,(H,32,41)/t22-,24-,25+,26+,28+,31+/m1/s1. The quantitative estimate of drug-likeness (QED) is 0.111. The molecule has 0 bridgehead atoms. The van der Waals surface area contributed by atoms with Gasteiger partial charge in [0.15, 0.2) is 6.29 Å². The third-order valence-electron chi connectivity index (χ3n) is 8.53. The highest BCUT2D eigenvalue weighted by molar-refractivity contribution is 5.88. The van der Waals surface area contributed by atoms with Crippen molar-refractivity contribution in [1.82, 2.24) is 14.9 Å². The molecule has 1 aromatic carbocycles. The Kier molecular flexibility index (Phi) is 9.07. The third kappa shape index (κ3) is 5.64. The molecule has 0 aliphatic carbocycles. The van der Waals surface area contributed by atoms with Crippen molar-refractivity contribution < 1.29 is 53.7 Å². The molecular formula is C31H35N3O12. The smallest absolute Gasteiger partial charge is 0.408 e. The number of carbonyl (C=O) groups excluding carboxylic acids is 2. The molecule has 0 unspecified atom stereocenters. The van der Waals surface area contributed by atoms with Crippen molar-refractivity contribution in [3.05, 3.63) is 63.4 Å². The monoisotopic (exact) mass is 641 g/mol. The number of hydrogen-bond donors (Lipinski definition) is 5. The number of fused-ring (bicyclic) bond motifs is 5. The van der Waals surface area contributed by atoms with Crippen LogP contribution in [-0.2, 0) is 47.2 Å². The fourth-order valence-electron chi connectivity index (χ4n) is 6.03. The SMILES string of the molecule is CC[C@@]1(OC(=O)NCCOCCO[C@H]2O[C@H](CO)[C@@H](O)[C@H](O)[C@@H]2O)C(=O)OCc2c1cc1n(c2=O)Cc2cc3ccccc3nc2-1. The van der Waals surface area contributed by atoms with Crippen LogP contribution in [0.15, 0.2) is 41.2 Å². The Hall–Kier alpha value is -3.96. The van der Waals surface area contributed by atoms with Crippen molar-refractivity contribution in [1.29, 1.82) is 0 Å². The van der Waals surface area contributed by atoms with Crippen LogP contribution in [0.3, 0.4) is 0 Å². The first kappa shape index (κ1) is 32.0. The van der Waals surface area contributed by atoms with Gasteiger partial charge in [-0.05, 0) is 24.6 Å². The van der Waals surface area contributed by atoms with Gasteiger partial charge in [-0.15, -0.1) is 0 Å². The topological polar surface area (TPSA) is 208 Å². The van der Waals surface area contributed by atoms with E-state index in [-0.39, 0.29) is 56.1 Å². The second-order valence-corrected chi connectivity index (χ2v) is 11.3. The van der Waals surface area contributed by atoms with Crippen LogP contribution in [0.5, 0.6) is 0 Å². The van der Waals surface area contributed by atoms with Gasteiger partial charge < -0.3 is 54.0 Å². The van der Waals surface area contributed by atoms with Gasteiger partial charge in [-0.3, -0.25) is 4.79 Å². The predicted octanol–water partition coefficient (Wildman–Crippen LogP) is -0.353. The maximum absolute atomic E-state index is 13.6. The highest BCUT2D eigenvalue weighted by Gasteiger charge is 2.50. The molecule has 3 aliphatic rings. The number of nitrogens with one attached hydrogen (secondary N) is 1. The van der Waals surface area contributed by atoms with Crippen molar-refractivity contribution in [2.45, 2.75) is 62.8 Å². The van der Waals surface area contributed by atoms with Gasteiger partial charge in [0, 0.05) is 23.1 Å². The maximum Gasteiger partial charge on any atom is 0.408 e. The van der Waals surface area contributed by atoms with E-state index in [0.29, 0.717) is 17.9 Å². The number of esters is 1. The number of para-hydroxylation sites is 1. The molecule has 2 aromatic heterocycles. The number of cyclic esters (lactones) is 1. The van der Waals surface area contributed by atoms with Crippen molar-refractivity contribution >= 4 is 23.0 Å². The van der Waals surface area contributed by atoms with E-state index in [2.05, 4.69) is 5.32 Å². The Morgan fingerprint density at radius 3 is 2.70 bits per heavy atom. The molecule has 1 amide bonds. The molecule has 15 nitrogen and oxygen atoms in total. The summed E-state index contributed by atoms with van der Waals surface area (Å²) in [6, 6.07) is 11.3. The molecule has 5 heterocycles. The summed E-state index contributed by atoms with van der Waals surface area (Å²) in [6.07, 6.45) is -7.86. The average Bonchev–Trinajstić information content (AvgIpc) is 3.42. The van der Waals surface area contributed by atoms with E-state index < -0.39 is 55.0 Å². The molecule has 1 fully saturated rings. The lowest BCUT2D eigenvalue weighted by Crippen LogP contribution is -2.59. The Balaban J connectivity index is 1.08. The molecule has 15 heteroatoms. The second-order valence-electron chi connectivity index (χ2n) is 11.3. The zero-order chi connectivity index (χ0) is 32.6. The first-order chi connectivity index (χ1) is 22.2. The summed E-state index contributed by atoms with van der Waals surface area (Å²) in [5.74, 6) is -0.784. The number of amides is 1. The lowest BCUT2D eigenvalue weighted by molar-refractivity contribution is -0.302. The molecular weight excluding hydrogens is 606 g/mol. The molecule has 246 valence electrons. The lowest BCUT2D eigenvalue weighted by Gasteiger charge is -2.39. The Morgan fingerprint density at radius 1 is 1.11 bits per heavy atom. The van der Waals surface area contributed by atoms with Gasteiger partial charge in [0.05, 0.1) is 55.4 Å². The molecule has 3 aliphatic heterocycles. The zero-order valence-electron chi connectivity index (χ0n) is 25.0. The summed E-state index contributed by atoms with van der Waals surface area (Å²) < 4.78 is 28.7. The van der Waals surface area contributed by atoms with Crippen LogP contribution < -0.4 is 10.9 Å². The zero-order valence-corrected chi connectivity index (χ0v) is 25.0. The second kappa shape index (κ2) is 13.0. The van der Waals surface area contributed by atoms with Gasteiger partial charge in [-0.2, -0.15) is 0 Å². The summed E-state index contributed by atoms with van der Waals surface area (Å²) in [5.41, 5.74) is 1.08. The first-order valence-corrected chi connectivity index (χ1v) is 15.0. The number of aliphatic hydroxyl groups is 4. The number of aromatic nitrogens is 2. The molecule has 6 rings (SSSR count). The number of nitrogens with zero attached hydrogens (tertiary/aromatic N) is 2.